The molecule has 164 valence electrons. The summed E-state index contributed by atoms with van der Waals surface area (Å²) in [5.74, 6) is 0.719. The van der Waals surface area contributed by atoms with Crippen LogP contribution in [-0.2, 0) is 13.6 Å². The molecule has 1 N–H and O–H groups in total. The molecule has 3 aromatic rings. The second-order valence-corrected chi connectivity index (χ2v) is 8.56. The third kappa shape index (κ3) is 4.30. The number of hydrogen-bond donors (Lipinski definition) is 1. The number of ether oxygens (including phenoxy) is 1. The molecule has 1 saturated carbocycles. The van der Waals surface area contributed by atoms with Gasteiger partial charge in [0.2, 0.25) is 5.88 Å². The molecule has 0 radical (unpaired) electrons. The van der Waals surface area contributed by atoms with Crippen molar-refractivity contribution in [2.45, 2.75) is 45.2 Å². The van der Waals surface area contributed by atoms with E-state index < -0.39 is 0 Å². The van der Waals surface area contributed by atoms with Gasteiger partial charge in [0.25, 0.3) is 5.91 Å². The minimum absolute atomic E-state index is 0.0740. The molecule has 0 atom stereocenters. The highest BCUT2D eigenvalue weighted by Crippen LogP contribution is 2.27. The number of nitrogens with one attached hydrogen (secondary N) is 1. The van der Waals surface area contributed by atoms with E-state index in [1.165, 1.54) is 0 Å². The first-order chi connectivity index (χ1) is 14.9. The third-order valence-electron chi connectivity index (χ3n) is 6.09. The van der Waals surface area contributed by atoms with Crippen LogP contribution in [0.3, 0.4) is 0 Å². The number of pyridine rings is 2. The van der Waals surface area contributed by atoms with Gasteiger partial charge in [-0.05, 0) is 50.7 Å². The number of carbonyl (C=O) groups excluding carboxylic acids is 1. The molecule has 1 amide bonds. The molecule has 0 aliphatic heterocycles. The van der Waals surface area contributed by atoms with E-state index in [-0.39, 0.29) is 17.6 Å². The quantitative estimate of drug-likeness (QED) is 0.654. The van der Waals surface area contributed by atoms with Crippen molar-refractivity contribution in [3.8, 4) is 5.88 Å². The Bertz CT molecular complexity index is 1180. The van der Waals surface area contributed by atoms with E-state index in [1.54, 1.807) is 48.5 Å². The first-order valence-electron chi connectivity index (χ1n) is 10.4. The molecule has 3 aromatic heterocycles. The molecule has 0 aromatic carbocycles. The lowest BCUT2D eigenvalue weighted by atomic mass is 9.85. The number of fused-ring (bicyclic) bond motifs is 1. The van der Waals surface area contributed by atoms with Crippen LogP contribution in [-0.4, -0.2) is 38.2 Å². The first-order valence-corrected chi connectivity index (χ1v) is 10.8. The van der Waals surface area contributed by atoms with E-state index in [1.807, 2.05) is 6.07 Å². The van der Waals surface area contributed by atoms with Gasteiger partial charge in [-0.15, -0.1) is 0 Å². The van der Waals surface area contributed by atoms with Crippen LogP contribution in [0.1, 0.15) is 41.7 Å². The second kappa shape index (κ2) is 8.70. The summed E-state index contributed by atoms with van der Waals surface area (Å²) in [6.45, 7) is 2.44. The van der Waals surface area contributed by atoms with Gasteiger partial charge in [-0.3, -0.25) is 18.9 Å². The molecule has 31 heavy (non-hydrogen) atoms. The highest BCUT2D eigenvalue weighted by atomic mass is 35.5. The number of aryl methyl sites for hydroxylation is 2. The van der Waals surface area contributed by atoms with Gasteiger partial charge in [-0.2, -0.15) is 4.98 Å². The average molecular weight is 444 g/mol. The van der Waals surface area contributed by atoms with Crippen LogP contribution in [0.5, 0.6) is 5.88 Å². The number of halogens is 1. The molecular weight excluding hydrogens is 418 g/mol. The van der Waals surface area contributed by atoms with Crippen molar-refractivity contribution in [2.24, 2.45) is 13.0 Å². The minimum atomic E-state index is -0.138. The van der Waals surface area contributed by atoms with Crippen LogP contribution in [0.15, 0.2) is 29.2 Å². The molecule has 1 fully saturated rings. The lowest BCUT2D eigenvalue weighted by Gasteiger charge is -2.29. The van der Waals surface area contributed by atoms with E-state index in [4.69, 9.17) is 16.3 Å². The highest BCUT2D eigenvalue weighted by molar-refractivity contribution is 6.30. The Labute approximate surface area is 185 Å². The Morgan fingerprint density at radius 2 is 2.03 bits per heavy atom. The molecule has 4 rings (SSSR count). The number of rotatable bonds is 5. The van der Waals surface area contributed by atoms with Crippen molar-refractivity contribution < 1.29 is 9.53 Å². The Morgan fingerprint density at radius 3 is 2.74 bits per heavy atom. The molecule has 0 unspecified atom stereocenters. The third-order valence-corrected chi connectivity index (χ3v) is 6.29. The summed E-state index contributed by atoms with van der Waals surface area (Å²) >= 11 is 5.99. The number of aromatic nitrogens is 4. The van der Waals surface area contributed by atoms with Crippen LogP contribution in [0.25, 0.3) is 11.2 Å². The number of nitrogens with zero attached hydrogens (tertiary/aromatic N) is 4. The number of hydrogen-bond acceptors (Lipinski definition) is 5. The maximum absolute atomic E-state index is 12.8. The second-order valence-electron chi connectivity index (χ2n) is 8.13. The smallest absolute Gasteiger partial charge is 0.330 e. The fourth-order valence-electron chi connectivity index (χ4n) is 4.29. The molecule has 3 heterocycles. The van der Waals surface area contributed by atoms with E-state index in [9.17, 15) is 9.59 Å². The van der Waals surface area contributed by atoms with Crippen molar-refractivity contribution in [1.29, 1.82) is 0 Å². The van der Waals surface area contributed by atoms with Gasteiger partial charge in [0.05, 0.1) is 28.9 Å². The SMILES string of the molecule is COc1ccc2c(n1)n(C)c(=O)n2CC1CCC(NC(=O)c2cc(Cl)cnc2C)CC1. The highest BCUT2D eigenvalue weighted by Gasteiger charge is 2.25. The van der Waals surface area contributed by atoms with Gasteiger partial charge < -0.3 is 10.1 Å². The summed E-state index contributed by atoms with van der Waals surface area (Å²) < 4.78 is 8.54. The molecule has 1 aliphatic carbocycles. The van der Waals surface area contributed by atoms with E-state index in [0.29, 0.717) is 40.3 Å². The van der Waals surface area contributed by atoms with Crippen LogP contribution in [0, 0.1) is 12.8 Å². The zero-order valence-electron chi connectivity index (χ0n) is 17.9. The fourth-order valence-corrected chi connectivity index (χ4v) is 4.45. The van der Waals surface area contributed by atoms with Crippen molar-refractivity contribution in [1.82, 2.24) is 24.4 Å². The number of amides is 1. The van der Waals surface area contributed by atoms with Gasteiger partial charge in [-0.1, -0.05) is 11.6 Å². The van der Waals surface area contributed by atoms with Crippen molar-refractivity contribution in [3.63, 3.8) is 0 Å². The van der Waals surface area contributed by atoms with Gasteiger partial charge in [0.15, 0.2) is 5.65 Å². The van der Waals surface area contributed by atoms with Gasteiger partial charge in [0.1, 0.15) is 0 Å². The molecule has 0 saturated heterocycles. The topological polar surface area (TPSA) is 91.0 Å². The molecule has 0 spiro atoms. The predicted molar refractivity (Wildman–Crippen MR) is 119 cm³/mol. The number of carbonyl (C=O) groups is 1. The maximum Gasteiger partial charge on any atom is 0.330 e. The summed E-state index contributed by atoms with van der Waals surface area (Å²) in [4.78, 5) is 34.0. The zero-order chi connectivity index (χ0) is 22.1. The van der Waals surface area contributed by atoms with Crippen LogP contribution in [0.4, 0.5) is 0 Å². The van der Waals surface area contributed by atoms with Gasteiger partial charge in [0, 0.05) is 31.9 Å². The molecular formula is C22H26ClN5O3. The molecule has 0 bridgehead atoms. The Balaban J connectivity index is 1.41. The fraction of sp³-hybridized carbons (Fsp3) is 0.455. The van der Waals surface area contributed by atoms with Crippen LogP contribution >= 0.6 is 11.6 Å². The summed E-state index contributed by atoms with van der Waals surface area (Å²) in [6, 6.07) is 5.42. The predicted octanol–water partition coefficient (Wildman–Crippen LogP) is 3.09. The monoisotopic (exact) mass is 443 g/mol. The average Bonchev–Trinajstić information content (AvgIpc) is 3.01. The molecule has 9 heteroatoms. The van der Waals surface area contributed by atoms with Crippen molar-refractivity contribution >= 4 is 28.7 Å². The maximum atomic E-state index is 12.8. The van der Waals surface area contributed by atoms with E-state index in [0.717, 1.165) is 31.2 Å². The van der Waals surface area contributed by atoms with Crippen LogP contribution < -0.4 is 15.7 Å². The van der Waals surface area contributed by atoms with Crippen LogP contribution in [0.2, 0.25) is 5.02 Å². The minimum Gasteiger partial charge on any atom is -0.481 e. The summed E-state index contributed by atoms with van der Waals surface area (Å²) in [5, 5.41) is 3.56. The van der Waals surface area contributed by atoms with Gasteiger partial charge >= 0.3 is 5.69 Å². The number of methoxy groups -OCH3 is 1. The lowest BCUT2D eigenvalue weighted by Crippen LogP contribution is -2.39. The van der Waals surface area contributed by atoms with Crippen molar-refractivity contribution in [3.05, 3.63) is 51.2 Å². The Hall–Kier alpha value is -2.87. The summed E-state index contributed by atoms with van der Waals surface area (Å²) in [6.07, 6.45) is 5.15. The number of imidazole rings is 1. The normalized spacial score (nSPS) is 18.8. The summed E-state index contributed by atoms with van der Waals surface area (Å²) in [7, 11) is 3.29. The van der Waals surface area contributed by atoms with Gasteiger partial charge in [-0.25, -0.2) is 4.79 Å². The van der Waals surface area contributed by atoms with E-state index in [2.05, 4.69) is 15.3 Å². The lowest BCUT2D eigenvalue weighted by molar-refractivity contribution is 0.0919. The molecule has 1 aliphatic rings. The molecule has 8 nitrogen and oxygen atoms in total. The first kappa shape index (κ1) is 21.4. The largest absolute Gasteiger partial charge is 0.481 e. The zero-order valence-corrected chi connectivity index (χ0v) is 18.6. The van der Waals surface area contributed by atoms with E-state index >= 15 is 0 Å². The Morgan fingerprint density at radius 1 is 1.29 bits per heavy atom. The summed E-state index contributed by atoms with van der Waals surface area (Å²) in [5.41, 5.74) is 2.54. The Kier molecular flexibility index (Phi) is 6.00. The standard InChI is InChI=1S/C22H26ClN5O3/c1-13-17(10-15(23)11-24-13)21(29)25-16-6-4-14(5-7-16)12-28-18-8-9-19(31-3)26-20(18)27(2)22(28)30/h8-11,14,16H,4-7,12H2,1-3H3,(H,25,29). The van der Waals surface area contributed by atoms with Crippen molar-refractivity contribution in [2.75, 3.05) is 7.11 Å².